The van der Waals surface area contributed by atoms with Crippen LogP contribution in [0.25, 0.3) is 0 Å². The van der Waals surface area contributed by atoms with Gasteiger partial charge in [0.2, 0.25) is 5.88 Å². The fourth-order valence-electron chi connectivity index (χ4n) is 0.433. The average molecular weight is 260 g/mol. The first kappa shape index (κ1) is 7.70. The summed E-state index contributed by atoms with van der Waals surface area (Å²) in [6, 6.07) is 1.38. The number of aromatic amines is 1. The van der Waals surface area contributed by atoms with Crippen LogP contribution in [0, 0.1) is 3.70 Å². The number of H-pyrrole nitrogens is 1. The molecule has 0 aromatic carbocycles. The third-order valence-electron chi connectivity index (χ3n) is 0.733. The van der Waals surface area contributed by atoms with Gasteiger partial charge in [-0.3, -0.25) is 5.10 Å². The number of rotatable bonds is 2. The fraction of sp³-hybridized carbons (Fsp3) is 0.250. The van der Waals surface area contributed by atoms with Crippen molar-refractivity contribution in [2.45, 2.75) is 6.61 Å². The molecule has 0 aliphatic heterocycles. The van der Waals surface area contributed by atoms with Crippen LogP contribution < -0.4 is 4.74 Å². The lowest BCUT2D eigenvalue weighted by Gasteiger charge is -1.96. The third-order valence-corrected chi connectivity index (χ3v) is 1.29. The minimum atomic E-state index is -2.81. The van der Waals surface area contributed by atoms with Crippen LogP contribution in [-0.2, 0) is 0 Å². The summed E-state index contributed by atoms with van der Waals surface area (Å²) >= 11 is 1.90. The van der Waals surface area contributed by atoms with Crippen molar-refractivity contribution < 1.29 is 13.5 Å². The zero-order chi connectivity index (χ0) is 7.56. The van der Waals surface area contributed by atoms with Crippen molar-refractivity contribution in [3.05, 3.63) is 9.77 Å². The molecule has 0 radical (unpaired) electrons. The summed E-state index contributed by atoms with van der Waals surface area (Å²) < 4.78 is 27.5. The number of nitrogens with one attached hydrogen (secondary N) is 1. The van der Waals surface area contributed by atoms with Gasteiger partial charge in [0, 0.05) is 6.07 Å². The molecule has 0 saturated carbocycles. The first-order valence-corrected chi connectivity index (χ1v) is 3.42. The van der Waals surface area contributed by atoms with Crippen LogP contribution in [0.15, 0.2) is 6.07 Å². The van der Waals surface area contributed by atoms with E-state index in [1.807, 2.05) is 22.6 Å². The summed E-state index contributed by atoms with van der Waals surface area (Å²) in [7, 11) is 0. The maximum atomic E-state index is 11.5. The maximum absolute atomic E-state index is 11.5. The van der Waals surface area contributed by atoms with E-state index >= 15 is 0 Å². The van der Waals surface area contributed by atoms with Crippen molar-refractivity contribution in [2.24, 2.45) is 0 Å². The standard InChI is InChI=1S/C4H3F2IN2O/c5-4(6)10-3-1-2(7)8-9-3/h1,4H,(H,8,9). The van der Waals surface area contributed by atoms with Gasteiger partial charge in [-0.25, -0.2) is 0 Å². The van der Waals surface area contributed by atoms with E-state index in [2.05, 4.69) is 14.9 Å². The monoisotopic (exact) mass is 260 g/mol. The molecule has 0 bridgehead atoms. The lowest BCUT2D eigenvalue weighted by atomic mass is 10.7. The summed E-state index contributed by atoms with van der Waals surface area (Å²) in [5.74, 6) is -0.0839. The highest BCUT2D eigenvalue weighted by atomic mass is 127. The Morgan fingerprint density at radius 3 is 2.80 bits per heavy atom. The van der Waals surface area contributed by atoms with Crippen LogP contribution in [0.2, 0.25) is 0 Å². The number of hydrogen-bond donors (Lipinski definition) is 1. The van der Waals surface area contributed by atoms with E-state index in [-0.39, 0.29) is 5.88 Å². The Balaban J connectivity index is 2.58. The van der Waals surface area contributed by atoms with Crippen LogP contribution in [0.3, 0.4) is 0 Å². The van der Waals surface area contributed by atoms with Gasteiger partial charge in [0.15, 0.2) is 0 Å². The van der Waals surface area contributed by atoms with E-state index in [0.717, 1.165) is 0 Å². The predicted molar refractivity (Wildman–Crippen MR) is 37.9 cm³/mol. The zero-order valence-electron chi connectivity index (χ0n) is 4.64. The second-order valence-corrected chi connectivity index (χ2v) is 2.59. The predicted octanol–water partition coefficient (Wildman–Crippen LogP) is 1.62. The maximum Gasteiger partial charge on any atom is 0.388 e. The van der Waals surface area contributed by atoms with Gasteiger partial charge in [0.1, 0.15) is 0 Å². The Kier molecular flexibility index (Phi) is 2.41. The Morgan fingerprint density at radius 1 is 1.70 bits per heavy atom. The molecule has 1 heterocycles. The number of nitrogens with zero attached hydrogens (tertiary/aromatic N) is 1. The first-order chi connectivity index (χ1) is 4.68. The summed E-state index contributed by atoms with van der Waals surface area (Å²) in [5.41, 5.74) is 0. The number of alkyl halides is 2. The third kappa shape index (κ3) is 2.09. The Bertz CT molecular complexity index is 215. The average Bonchev–Trinajstić information content (AvgIpc) is 2.13. The molecule has 1 N–H and O–H groups in total. The van der Waals surface area contributed by atoms with Crippen LogP contribution in [0.5, 0.6) is 5.88 Å². The molecule has 0 amide bonds. The van der Waals surface area contributed by atoms with Crippen molar-refractivity contribution in [3.8, 4) is 5.88 Å². The molecule has 56 valence electrons. The summed E-state index contributed by atoms with van der Waals surface area (Å²) in [6.07, 6.45) is 0. The molecule has 1 aromatic rings. The first-order valence-electron chi connectivity index (χ1n) is 2.34. The quantitative estimate of drug-likeness (QED) is 0.820. The largest absolute Gasteiger partial charge is 0.415 e. The van der Waals surface area contributed by atoms with Crippen LogP contribution in [0.1, 0.15) is 0 Å². The molecular weight excluding hydrogens is 257 g/mol. The van der Waals surface area contributed by atoms with E-state index in [4.69, 9.17) is 0 Å². The van der Waals surface area contributed by atoms with Gasteiger partial charge < -0.3 is 4.74 Å². The minimum Gasteiger partial charge on any atom is -0.415 e. The molecule has 0 aliphatic carbocycles. The highest BCUT2D eigenvalue weighted by Crippen LogP contribution is 2.12. The molecule has 0 unspecified atom stereocenters. The van der Waals surface area contributed by atoms with Crippen molar-refractivity contribution in [2.75, 3.05) is 0 Å². The smallest absolute Gasteiger partial charge is 0.388 e. The van der Waals surface area contributed by atoms with Gasteiger partial charge in [-0.05, 0) is 22.6 Å². The summed E-state index contributed by atoms with van der Waals surface area (Å²) in [6.45, 7) is -2.81. The van der Waals surface area contributed by atoms with Crippen LogP contribution in [-0.4, -0.2) is 16.8 Å². The van der Waals surface area contributed by atoms with E-state index in [1.54, 1.807) is 0 Å². The van der Waals surface area contributed by atoms with Crippen LogP contribution in [0.4, 0.5) is 8.78 Å². The highest BCUT2D eigenvalue weighted by Gasteiger charge is 2.05. The van der Waals surface area contributed by atoms with Gasteiger partial charge >= 0.3 is 6.61 Å². The van der Waals surface area contributed by atoms with E-state index in [1.165, 1.54) is 6.07 Å². The highest BCUT2D eigenvalue weighted by molar-refractivity contribution is 14.1. The molecule has 0 fully saturated rings. The number of aromatic nitrogens is 2. The normalized spacial score (nSPS) is 10.4. The molecule has 0 spiro atoms. The second kappa shape index (κ2) is 3.13. The van der Waals surface area contributed by atoms with E-state index in [9.17, 15) is 8.78 Å². The molecule has 6 heteroatoms. The van der Waals surface area contributed by atoms with Crippen molar-refractivity contribution in [1.29, 1.82) is 0 Å². The van der Waals surface area contributed by atoms with Crippen molar-refractivity contribution in [1.82, 2.24) is 10.2 Å². The van der Waals surface area contributed by atoms with Gasteiger partial charge in [-0.1, -0.05) is 0 Å². The minimum absolute atomic E-state index is 0.0839. The van der Waals surface area contributed by atoms with Crippen LogP contribution >= 0.6 is 22.6 Å². The summed E-state index contributed by atoms with van der Waals surface area (Å²) in [5, 5.41) is 5.87. The topological polar surface area (TPSA) is 37.9 Å². The molecule has 1 aromatic heterocycles. The Morgan fingerprint density at radius 2 is 2.40 bits per heavy atom. The molecule has 0 atom stereocenters. The van der Waals surface area contributed by atoms with Crippen molar-refractivity contribution in [3.63, 3.8) is 0 Å². The van der Waals surface area contributed by atoms with E-state index in [0.29, 0.717) is 3.70 Å². The Labute approximate surface area is 68.9 Å². The van der Waals surface area contributed by atoms with Gasteiger partial charge in [-0.2, -0.15) is 8.78 Å². The lowest BCUT2D eigenvalue weighted by molar-refractivity contribution is -0.0528. The molecule has 3 nitrogen and oxygen atoms in total. The van der Waals surface area contributed by atoms with Gasteiger partial charge in [0.25, 0.3) is 0 Å². The molecule has 0 saturated heterocycles. The zero-order valence-corrected chi connectivity index (χ0v) is 6.80. The molecule has 1 rings (SSSR count). The number of hydrogen-bond acceptors (Lipinski definition) is 2. The fourth-order valence-corrected chi connectivity index (χ4v) is 0.820. The number of halogens is 3. The van der Waals surface area contributed by atoms with E-state index < -0.39 is 6.61 Å². The lowest BCUT2D eigenvalue weighted by Crippen LogP contribution is -2.01. The second-order valence-electron chi connectivity index (χ2n) is 1.43. The Hall–Kier alpha value is -0.400. The SMILES string of the molecule is FC(F)Oc1cc(I)[nH]n1. The summed E-state index contributed by atoms with van der Waals surface area (Å²) in [4.78, 5) is 0. The molecule has 10 heavy (non-hydrogen) atoms. The van der Waals surface area contributed by atoms with Crippen molar-refractivity contribution >= 4 is 22.6 Å². The molecular formula is C4H3F2IN2O. The van der Waals surface area contributed by atoms with Gasteiger partial charge in [-0.15, -0.1) is 5.10 Å². The number of ether oxygens (including phenoxy) is 1. The molecule has 0 aliphatic rings. The van der Waals surface area contributed by atoms with Gasteiger partial charge in [0.05, 0.1) is 3.70 Å².